The summed E-state index contributed by atoms with van der Waals surface area (Å²) in [6.45, 7) is 6.30. The van der Waals surface area contributed by atoms with Gasteiger partial charge in [0.25, 0.3) is 0 Å². The number of nitrogens with zero attached hydrogens (tertiary/aromatic N) is 3. The molecule has 0 spiro atoms. The summed E-state index contributed by atoms with van der Waals surface area (Å²) in [6, 6.07) is 5.17. The van der Waals surface area contributed by atoms with Crippen LogP contribution in [0.25, 0.3) is 11.0 Å². The summed E-state index contributed by atoms with van der Waals surface area (Å²) >= 11 is 12.4. The first kappa shape index (κ1) is 16.1. The Morgan fingerprint density at radius 1 is 1.43 bits per heavy atom. The Kier molecular flexibility index (Phi) is 4.79. The number of hydrogen-bond donors (Lipinski definition) is 0. The van der Waals surface area contributed by atoms with Crippen LogP contribution < -0.4 is 0 Å². The zero-order chi connectivity index (χ0) is 15.7. The van der Waals surface area contributed by atoms with Crippen LogP contribution in [0.1, 0.15) is 38.0 Å². The molecule has 0 saturated heterocycles. The summed E-state index contributed by atoms with van der Waals surface area (Å²) in [7, 11) is 1.79. The molecule has 1 aromatic carbocycles. The van der Waals surface area contributed by atoms with Gasteiger partial charge in [0.15, 0.2) is 0 Å². The van der Waals surface area contributed by atoms with Gasteiger partial charge >= 0.3 is 0 Å². The van der Waals surface area contributed by atoms with Gasteiger partial charge < -0.3 is 9.47 Å². The second kappa shape index (κ2) is 6.24. The van der Waals surface area contributed by atoms with Gasteiger partial charge in [-0.3, -0.25) is 4.79 Å². The normalized spacial score (nSPS) is 14.2. The highest BCUT2D eigenvalue weighted by atomic mass is 35.5. The first-order valence-electron chi connectivity index (χ1n) is 6.93. The molecule has 2 unspecified atom stereocenters. The van der Waals surface area contributed by atoms with E-state index in [2.05, 4.69) is 4.98 Å². The monoisotopic (exact) mass is 327 g/mol. The van der Waals surface area contributed by atoms with Gasteiger partial charge in [0.1, 0.15) is 17.4 Å². The molecular formula is C15H19Cl2N3O. The predicted octanol–water partition coefficient (Wildman–Crippen LogP) is 4.03. The van der Waals surface area contributed by atoms with Crippen molar-refractivity contribution in [2.24, 2.45) is 0 Å². The van der Waals surface area contributed by atoms with Gasteiger partial charge in [-0.2, -0.15) is 0 Å². The number of para-hydroxylation sites is 1. The van der Waals surface area contributed by atoms with Crippen molar-refractivity contribution in [2.75, 3.05) is 13.6 Å². The zero-order valence-corrected chi connectivity index (χ0v) is 14.1. The topological polar surface area (TPSA) is 38.1 Å². The first-order chi connectivity index (χ1) is 9.88. The summed E-state index contributed by atoms with van der Waals surface area (Å²) in [5.74, 6) is 0.681. The predicted molar refractivity (Wildman–Crippen MR) is 87.0 cm³/mol. The fourth-order valence-electron chi connectivity index (χ4n) is 2.37. The molecule has 1 heterocycles. The molecule has 1 amide bonds. The maximum absolute atomic E-state index is 12.5. The van der Waals surface area contributed by atoms with Crippen LogP contribution in [0.3, 0.4) is 0 Å². The number of carbonyl (C=O) groups is 1. The van der Waals surface area contributed by atoms with Gasteiger partial charge in [0.05, 0.1) is 15.9 Å². The van der Waals surface area contributed by atoms with E-state index in [-0.39, 0.29) is 17.3 Å². The first-order valence-corrected chi connectivity index (χ1v) is 7.75. The van der Waals surface area contributed by atoms with Crippen LogP contribution in [-0.2, 0) is 4.79 Å². The van der Waals surface area contributed by atoms with E-state index < -0.39 is 0 Å². The minimum atomic E-state index is -0.380. The Morgan fingerprint density at radius 2 is 2.10 bits per heavy atom. The van der Waals surface area contributed by atoms with Gasteiger partial charge in [0, 0.05) is 13.6 Å². The SMILES string of the molecule is CCN(C)C(=O)C(C)n1c(C(C)Cl)nc2c(Cl)cccc21. The van der Waals surface area contributed by atoms with Crippen molar-refractivity contribution in [1.82, 2.24) is 14.5 Å². The van der Waals surface area contributed by atoms with E-state index in [9.17, 15) is 4.79 Å². The van der Waals surface area contributed by atoms with Crippen molar-refractivity contribution in [1.29, 1.82) is 0 Å². The molecule has 0 N–H and O–H groups in total. The van der Waals surface area contributed by atoms with Gasteiger partial charge in [-0.1, -0.05) is 17.7 Å². The molecule has 0 saturated carbocycles. The summed E-state index contributed by atoms with van der Waals surface area (Å²) in [4.78, 5) is 18.7. The smallest absolute Gasteiger partial charge is 0.245 e. The van der Waals surface area contributed by atoms with E-state index in [1.54, 1.807) is 18.0 Å². The number of imidazole rings is 1. The molecule has 114 valence electrons. The molecule has 0 aliphatic heterocycles. The molecule has 6 heteroatoms. The Bertz CT molecular complexity index is 666. The number of likely N-dealkylation sites (N-methyl/N-ethyl adjacent to an activating group) is 1. The molecule has 2 rings (SSSR count). The van der Waals surface area contributed by atoms with Crippen LogP contribution in [0.4, 0.5) is 0 Å². The lowest BCUT2D eigenvalue weighted by atomic mass is 10.2. The van der Waals surface area contributed by atoms with E-state index >= 15 is 0 Å². The number of carbonyl (C=O) groups excluding carboxylic acids is 1. The minimum absolute atomic E-state index is 0.0235. The van der Waals surface area contributed by atoms with Crippen molar-refractivity contribution in [3.8, 4) is 0 Å². The summed E-state index contributed by atoms with van der Waals surface area (Å²) in [5.41, 5.74) is 1.51. The summed E-state index contributed by atoms with van der Waals surface area (Å²) in [5, 5.41) is 0.254. The minimum Gasteiger partial charge on any atom is -0.344 e. The van der Waals surface area contributed by atoms with E-state index in [4.69, 9.17) is 23.2 Å². The van der Waals surface area contributed by atoms with Crippen molar-refractivity contribution in [3.63, 3.8) is 0 Å². The third-order valence-corrected chi connectivity index (χ3v) is 4.15. The molecule has 0 aliphatic rings. The van der Waals surface area contributed by atoms with Crippen molar-refractivity contribution in [2.45, 2.75) is 32.2 Å². The second-order valence-electron chi connectivity index (χ2n) is 5.09. The fraction of sp³-hybridized carbons (Fsp3) is 0.467. The highest BCUT2D eigenvalue weighted by Gasteiger charge is 2.25. The Morgan fingerprint density at radius 3 is 2.67 bits per heavy atom. The number of hydrogen-bond acceptors (Lipinski definition) is 2. The molecule has 0 bridgehead atoms. The maximum atomic E-state index is 12.5. The van der Waals surface area contributed by atoms with Crippen LogP contribution in [-0.4, -0.2) is 34.0 Å². The standard InChI is InChI=1S/C15H19Cl2N3O/c1-5-19(4)15(21)10(3)20-12-8-6-7-11(17)13(12)18-14(20)9(2)16/h6-10H,5H2,1-4H3. The Balaban J connectivity index is 2.63. The molecule has 1 aromatic heterocycles. The second-order valence-corrected chi connectivity index (χ2v) is 6.15. The van der Waals surface area contributed by atoms with Crippen LogP contribution in [0.5, 0.6) is 0 Å². The van der Waals surface area contributed by atoms with Gasteiger partial charge in [-0.05, 0) is 32.9 Å². The zero-order valence-electron chi connectivity index (χ0n) is 12.6. The van der Waals surface area contributed by atoms with Crippen molar-refractivity contribution in [3.05, 3.63) is 29.0 Å². The van der Waals surface area contributed by atoms with Crippen LogP contribution in [0.2, 0.25) is 5.02 Å². The lowest BCUT2D eigenvalue weighted by Crippen LogP contribution is -2.33. The molecule has 4 nitrogen and oxygen atoms in total. The quantitative estimate of drug-likeness (QED) is 0.795. The number of benzene rings is 1. The third kappa shape index (κ3) is 2.87. The van der Waals surface area contributed by atoms with Crippen LogP contribution in [0, 0.1) is 0 Å². The van der Waals surface area contributed by atoms with Gasteiger partial charge in [-0.25, -0.2) is 4.98 Å². The molecule has 0 aliphatic carbocycles. The number of alkyl halides is 1. The molecule has 21 heavy (non-hydrogen) atoms. The largest absolute Gasteiger partial charge is 0.344 e. The average Bonchev–Trinajstić information content (AvgIpc) is 2.86. The van der Waals surface area contributed by atoms with Gasteiger partial charge in [-0.15, -0.1) is 11.6 Å². The van der Waals surface area contributed by atoms with E-state index in [1.807, 2.05) is 37.5 Å². The number of amides is 1. The number of aromatic nitrogens is 2. The van der Waals surface area contributed by atoms with Crippen LogP contribution in [0.15, 0.2) is 18.2 Å². The fourth-order valence-corrected chi connectivity index (χ4v) is 2.74. The van der Waals surface area contributed by atoms with E-state index in [1.165, 1.54) is 0 Å². The average molecular weight is 328 g/mol. The number of rotatable bonds is 4. The summed E-state index contributed by atoms with van der Waals surface area (Å²) in [6.07, 6.45) is 0. The Labute approximate surface area is 134 Å². The lowest BCUT2D eigenvalue weighted by molar-refractivity contribution is -0.132. The summed E-state index contributed by atoms with van der Waals surface area (Å²) < 4.78 is 1.88. The Hall–Kier alpha value is -1.26. The van der Waals surface area contributed by atoms with Gasteiger partial charge in [0.2, 0.25) is 5.91 Å². The van der Waals surface area contributed by atoms with Crippen LogP contribution >= 0.6 is 23.2 Å². The number of halogens is 2. The highest BCUT2D eigenvalue weighted by molar-refractivity contribution is 6.35. The maximum Gasteiger partial charge on any atom is 0.245 e. The third-order valence-electron chi connectivity index (χ3n) is 3.65. The molecule has 2 atom stereocenters. The van der Waals surface area contributed by atoms with E-state index in [0.29, 0.717) is 22.9 Å². The molecule has 2 aromatic rings. The lowest BCUT2D eigenvalue weighted by Gasteiger charge is -2.23. The number of fused-ring (bicyclic) bond motifs is 1. The molecular weight excluding hydrogens is 309 g/mol. The molecule has 0 fully saturated rings. The van der Waals surface area contributed by atoms with Crippen molar-refractivity contribution < 1.29 is 4.79 Å². The van der Waals surface area contributed by atoms with Crippen molar-refractivity contribution >= 4 is 40.1 Å². The van der Waals surface area contributed by atoms with E-state index in [0.717, 1.165) is 5.52 Å². The molecule has 0 radical (unpaired) electrons. The highest BCUT2D eigenvalue weighted by Crippen LogP contribution is 2.31.